The molecule has 0 saturated carbocycles. The first-order valence-electron chi connectivity index (χ1n) is 7.27. The predicted octanol–water partition coefficient (Wildman–Crippen LogP) is 3.01. The molecular formula is C16H24ClFN2O. The smallest absolute Gasteiger partial charge is 0.226 e. The number of carbonyl (C=O) groups is 1. The van der Waals surface area contributed by atoms with Crippen LogP contribution in [-0.4, -0.2) is 30.4 Å². The van der Waals surface area contributed by atoms with Gasteiger partial charge in [0.05, 0.1) is 6.04 Å². The highest BCUT2D eigenvalue weighted by atomic mass is 35.5. The summed E-state index contributed by atoms with van der Waals surface area (Å²) in [6, 6.07) is 6.48. The quantitative estimate of drug-likeness (QED) is 0.930. The third kappa shape index (κ3) is 4.17. The Morgan fingerprint density at radius 1 is 1.38 bits per heavy atom. The van der Waals surface area contributed by atoms with E-state index in [-0.39, 0.29) is 36.1 Å². The average Bonchev–Trinajstić information content (AvgIpc) is 2.45. The second-order valence-electron chi connectivity index (χ2n) is 5.84. The maximum atomic E-state index is 13.4. The van der Waals surface area contributed by atoms with Crippen LogP contribution in [0.15, 0.2) is 24.3 Å². The number of hydrogen-bond donors (Lipinski definition) is 1. The second kappa shape index (κ2) is 7.76. The first-order chi connectivity index (χ1) is 9.50. The number of nitrogens with zero attached hydrogens (tertiary/aromatic N) is 1. The van der Waals surface area contributed by atoms with Gasteiger partial charge in [-0.25, -0.2) is 4.39 Å². The van der Waals surface area contributed by atoms with Crippen LogP contribution >= 0.6 is 12.4 Å². The van der Waals surface area contributed by atoms with Crippen LogP contribution in [0, 0.1) is 17.7 Å². The van der Waals surface area contributed by atoms with Crippen molar-refractivity contribution in [1.29, 1.82) is 0 Å². The molecule has 1 aromatic rings. The van der Waals surface area contributed by atoms with Gasteiger partial charge in [0, 0.05) is 25.6 Å². The summed E-state index contributed by atoms with van der Waals surface area (Å²) in [7, 11) is 0. The van der Waals surface area contributed by atoms with Gasteiger partial charge in [-0.1, -0.05) is 32.9 Å². The van der Waals surface area contributed by atoms with Crippen molar-refractivity contribution < 1.29 is 9.18 Å². The zero-order valence-electron chi connectivity index (χ0n) is 12.8. The summed E-state index contributed by atoms with van der Waals surface area (Å²) >= 11 is 0. The minimum absolute atomic E-state index is 0. The van der Waals surface area contributed by atoms with Crippen LogP contribution in [0.2, 0.25) is 0 Å². The van der Waals surface area contributed by atoms with Gasteiger partial charge >= 0.3 is 0 Å². The van der Waals surface area contributed by atoms with Gasteiger partial charge in [0.2, 0.25) is 5.91 Å². The fraction of sp³-hybridized carbons (Fsp3) is 0.562. The molecule has 1 amide bonds. The third-order valence-corrected chi connectivity index (χ3v) is 4.15. The Morgan fingerprint density at radius 2 is 2.10 bits per heavy atom. The van der Waals surface area contributed by atoms with E-state index in [0.29, 0.717) is 19.0 Å². The number of carbonyl (C=O) groups excluding carboxylic acids is 1. The minimum Gasteiger partial charge on any atom is -0.333 e. The molecular weight excluding hydrogens is 291 g/mol. The van der Waals surface area contributed by atoms with E-state index in [4.69, 9.17) is 0 Å². The zero-order valence-corrected chi connectivity index (χ0v) is 13.6. The van der Waals surface area contributed by atoms with Crippen LogP contribution in [0.25, 0.3) is 0 Å². The number of halogens is 2. The van der Waals surface area contributed by atoms with E-state index in [1.165, 1.54) is 12.1 Å². The molecule has 0 radical (unpaired) electrons. The Bertz CT molecular complexity index is 481. The van der Waals surface area contributed by atoms with E-state index in [2.05, 4.69) is 19.2 Å². The molecule has 1 saturated heterocycles. The molecule has 3 nitrogen and oxygen atoms in total. The molecule has 1 heterocycles. The van der Waals surface area contributed by atoms with Crippen LogP contribution < -0.4 is 5.32 Å². The van der Waals surface area contributed by atoms with E-state index in [9.17, 15) is 9.18 Å². The van der Waals surface area contributed by atoms with Crippen molar-refractivity contribution >= 4 is 18.3 Å². The van der Waals surface area contributed by atoms with Gasteiger partial charge in [0.1, 0.15) is 5.82 Å². The first-order valence-corrected chi connectivity index (χ1v) is 7.27. The number of amides is 1. The third-order valence-electron chi connectivity index (χ3n) is 4.15. The summed E-state index contributed by atoms with van der Waals surface area (Å²) in [5, 5.41) is 3.29. The maximum absolute atomic E-state index is 13.4. The number of benzene rings is 1. The fourth-order valence-electron chi connectivity index (χ4n) is 2.53. The number of rotatable bonds is 3. The molecule has 1 aromatic carbocycles. The van der Waals surface area contributed by atoms with Crippen LogP contribution in [0.1, 0.15) is 32.4 Å². The summed E-state index contributed by atoms with van der Waals surface area (Å²) in [6.45, 7) is 8.24. The molecule has 1 aliphatic rings. The highest BCUT2D eigenvalue weighted by Crippen LogP contribution is 2.26. The Kier molecular flexibility index (Phi) is 6.62. The lowest BCUT2D eigenvalue weighted by Crippen LogP contribution is -2.50. The minimum atomic E-state index is -0.252. The molecule has 0 spiro atoms. The highest BCUT2D eigenvalue weighted by Gasteiger charge is 2.31. The van der Waals surface area contributed by atoms with Crippen molar-refractivity contribution in [2.45, 2.75) is 26.8 Å². The first kappa shape index (κ1) is 17.9. The van der Waals surface area contributed by atoms with E-state index in [1.54, 1.807) is 6.07 Å². The van der Waals surface area contributed by atoms with Gasteiger partial charge in [-0.05, 0) is 23.6 Å². The molecule has 5 heteroatoms. The van der Waals surface area contributed by atoms with Crippen LogP contribution in [0.3, 0.4) is 0 Å². The summed E-state index contributed by atoms with van der Waals surface area (Å²) < 4.78 is 13.4. The lowest BCUT2D eigenvalue weighted by atomic mass is 9.94. The topological polar surface area (TPSA) is 32.3 Å². The Morgan fingerprint density at radius 3 is 2.71 bits per heavy atom. The van der Waals surface area contributed by atoms with E-state index in [0.717, 1.165) is 12.1 Å². The zero-order chi connectivity index (χ0) is 14.7. The van der Waals surface area contributed by atoms with Crippen molar-refractivity contribution in [2.75, 3.05) is 19.6 Å². The number of nitrogens with one attached hydrogen (secondary N) is 1. The van der Waals surface area contributed by atoms with Gasteiger partial charge < -0.3 is 10.2 Å². The Balaban J connectivity index is 0.00000220. The van der Waals surface area contributed by atoms with Crippen molar-refractivity contribution in [2.24, 2.45) is 11.8 Å². The van der Waals surface area contributed by atoms with E-state index in [1.807, 2.05) is 17.9 Å². The standard InChI is InChI=1S/C16H23FN2O.ClH/c1-11(2)12(3)16(20)19-8-7-18-10-15(19)13-5-4-6-14(17)9-13;/h4-6,9,11-12,15,18H,7-8,10H2,1-3H3;1H. The Hall–Kier alpha value is -1.13. The molecule has 0 bridgehead atoms. The van der Waals surface area contributed by atoms with Gasteiger partial charge in [0.25, 0.3) is 0 Å². The molecule has 21 heavy (non-hydrogen) atoms. The van der Waals surface area contributed by atoms with Gasteiger partial charge in [-0.15, -0.1) is 12.4 Å². The maximum Gasteiger partial charge on any atom is 0.226 e. The second-order valence-corrected chi connectivity index (χ2v) is 5.84. The molecule has 118 valence electrons. The highest BCUT2D eigenvalue weighted by molar-refractivity contribution is 5.85. The number of hydrogen-bond acceptors (Lipinski definition) is 2. The fourth-order valence-corrected chi connectivity index (χ4v) is 2.53. The van der Waals surface area contributed by atoms with Gasteiger partial charge in [-0.3, -0.25) is 4.79 Å². The lowest BCUT2D eigenvalue weighted by molar-refractivity contribution is -0.139. The van der Waals surface area contributed by atoms with Crippen LogP contribution in [-0.2, 0) is 4.79 Å². The van der Waals surface area contributed by atoms with Crippen LogP contribution in [0.4, 0.5) is 4.39 Å². The molecule has 1 aliphatic heterocycles. The van der Waals surface area contributed by atoms with E-state index < -0.39 is 0 Å². The molecule has 0 aromatic heterocycles. The molecule has 1 fully saturated rings. The summed E-state index contributed by atoms with van der Waals surface area (Å²) in [5.74, 6) is 0.211. The normalized spacial score (nSPS) is 20.0. The van der Waals surface area contributed by atoms with Crippen molar-refractivity contribution in [1.82, 2.24) is 10.2 Å². The SMILES string of the molecule is CC(C)C(C)C(=O)N1CCNCC1c1cccc(F)c1.Cl. The Labute approximate surface area is 132 Å². The van der Waals surface area contributed by atoms with Gasteiger partial charge in [0.15, 0.2) is 0 Å². The lowest BCUT2D eigenvalue weighted by Gasteiger charge is -2.38. The molecule has 2 unspecified atom stereocenters. The van der Waals surface area contributed by atoms with E-state index >= 15 is 0 Å². The van der Waals surface area contributed by atoms with Crippen molar-refractivity contribution in [3.63, 3.8) is 0 Å². The van der Waals surface area contributed by atoms with Crippen molar-refractivity contribution in [3.05, 3.63) is 35.6 Å². The largest absolute Gasteiger partial charge is 0.333 e. The van der Waals surface area contributed by atoms with Crippen molar-refractivity contribution in [3.8, 4) is 0 Å². The monoisotopic (exact) mass is 314 g/mol. The van der Waals surface area contributed by atoms with Gasteiger partial charge in [-0.2, -0.15) is 0 Å². The number of piperazine rings is 1. The summed E-state index contributed by atoms with van der Waals surface area (Å²) in [5.41, 5.74) is 0.863. The predicted molar refractivity (Wildman–Crippen MR) is 85.0 cm³/mol. The molecule has 0 aliphatic carbocycles. The van der Waals surface area contributed by atoms with Crippen LogP contribution in [0.5, 0.6) is 0 Å². The molecule has 2 atom stereocenters. The average molecular weight is 315 g/mol. The molecule has 2 rings (SSSR count). The summed E-state index contributed by atoms with van der Waals surface area (Å²) in [6.07, 6.45) is 0. The summed E-state index contributed by atoms with van der Waals surface area (Å²) in [4.78, 5) is 14.5. The molecule has 1 N–H and O–H groups in total.